The summed E-state index contributed by atoms with van der Waals surface area (Å²) in [7, 11) is 0. The van der Waals surface area contributed by atoms with Gasteiger partial charge in [0.1, 0.15) is 5.75 Å². The van der Waals surface area contributed by atoms with Gasteiger partial charge in [0.05, 0.1) is 28.3 Å². The number of imide groups is 1. The molecule has 0 fully saturated rings. The number of carbonyl (C=O) groups excluding carboxylic acids is 3. The maximum atomic E-state index is 12.3. The van der Waals surface area contributed by atoms with E-state index in [1.165, 1.54) is 30.0 Å². The van der Waals surface area contributed by atoms with Crippen molar-refractivity contribution in [1.29, 1.82) is 0 Å². The first kappa shape index (κ1) is 19.0. The minimum Gasteiger partial charge on any atom is -0.491 e. The molecule has 3 amide bonds. The summed E-state index contributed by atoms with van der Waals surface area (Å²) in [5.41, 5.74) is 0.776. The van der Waals surface area contributed by atoms with Crippen molar-refractivity contribution < 1.29 is 24.0 Å². The molecule has 2 aromatic carbocycles. The topological polar surface area (TPSA) is 119 Å². The Hall–Kier alpha value is -3.75. The second-order valence-electron chi connectivity index (χ2n) is 6.13. The Labute approximate surface area is 160 Å². The molecule has 0 saturated heterocycles. The van der Waals surface area contributed by atoms with Gasteiger partial charge in [0, 0.05) is 25.6 Å². The third-order valence-corrected chi connectivity index (χ3v) is 4.15. The van der Waals surface area contributed by atoms with E-state index < -0.39 is 10.8 Å². The van der Waals surface area contributed by atoms with E-state index in [-0.39, 0.29) is 42.1 Å². The molecule has 0 saturated carbocycles. The second kappa shape index (κ2) is 7.87. The third kappa shape index (κ3) is 3.83. The first-order chi connectivity index (χ1) is 13.4. The highest BCUT2D eigenvalue weighted by atomic mass is 16.6. The van der Waals surface area contributed by atoms with Crippen LogP contribution in [0, 0.1) is 10.1 Å². The number of amides is 3. The number of hydrogen-bond acceptors (Lipinski definition) is 6. The van der Waals surface area contributed by atoms with E-state index in [0.29, 0.717) is 17.5 Å². The van der Waals surface area contributed by atoms with Gasteiger partial charge in [0.15, 0.2) is 0 Å². The molecule has 0 spiro atoms. The summed E-state index contributed by atoms with van der Waals surface area (Å²) in [5, 5.41) is 13.4. The standard InChI is InChI=1S/C19H17N3O6/c1-12(23)20-16-11-13(22(26)27)7-8-17(16)28-10-4-9-21-18(24)14-5-2-3-6-15(14)19(21)25/h2-3,5-8,11H,4,9-10H2,1H3,(H,20,23). The zero-order valence-electron chi connectivity index (χ0n) is 15.0. The maximum absolute atomic E-state index is 12.3. The quantitative estimate of drug-likeness (QED) is 0.340. The molecule has 9 nitrogen and oxygen atoms in total. The number of nitro groups is 1. The zero-order valence-corrected chi connectivity index (χ0v) is 15.0. The van der Waals surface area contributed by atoms with Gasteiger partial charge in [0.2, 0.25) is 5.91 Å². The van der Waals surface area contributed by atoms with Crippen molar-refractivity contribution in [2.45, 2.75) is 13.3 Å². The molecule has 0 aliphatic carbocycles. The highest BCUT2D eigenvalue weighted by molar-refractivity contribution is 6.21. The van der Waals surface area contributed by atoms with Crippen LogP contribution in [-0.2, 0) is 4.79 Å². The molecule has 3 rings (SSSR count). The molecule has 0 atom stereocenters. The number of nitrogens with one attached hydrogen (secondary N) is 1. The van der Waals surface area contributed by atoms with Crippen LogP contribution in [-0.4, -0.2) is 40.7 Å². The van der Waals surface area contributed by atoms with Gasteiger partial charge in [-0.1, -0.05) is 12.1 Å². The van der Waals surface area contributed by atoms with Gasteiger partial charge in [-0.25, -0.2) is 0 Å². The Balaban J connectivity index is 1.61. The van der Waals surface area contributed by atoms with Gasteiger partial charge < -0.3 is 10.1 Å². The molecule has 0 radical (unpaired) electrons. The Morgan fingerprint density at radius 1 is 1.14 bits per heavy atom. The van der Waals surface area contributed by atoms with Gasteiger partial charge >= 0.3 is 0 Å². The Morgan fingerprint density at radius 2 is 1.79 bits per heavy atom. The van der Waals surface area contributed by atoms with Crippen LogP contribution in [0.1, 0.15) is 34.1 Å². The van der Waals surface area contributed by atoms with E-state index in [1.807, 2.05) is 0 Å². The normalized spacial score (nSPS) is 12.7. The predicted octanol–water partition coefficient (Wildman–Crippen LogP) is 2.62. The number of rotatable bonds is 7. The zero-order chi connectivity index (χ0) is 20.3. The molecular formula is C19H17N3O6. The van der Waals surface area contributed by atoms with E-state index in [9.17, 15) is 24.5 Å². The molecule has 1 aliphatic heterocycles. The van der Waals surface area contributed by atoms with Crippen LogP contribution in [0.25, 0.3) is 0 Å². The summed E-state index contributed by atoms with van der Waals surface area (Å²) in [6, 6.07) is 10.5. The van der Waals surface area contributed by atoms with Gasteiger partial charge in [-0.3, -0.25) is 29.4 Å². The molecule has 1 aliphatic rings. The third-order valence-electron chi connectivity index (χ3n) is 4.15. The van der Waals surface area contributed by atoms with Crippen molar-refractivity contribution in [2.24, 2.45) is 0 Å². The summed E-state index contributed by atoms with van der Waals surface area (Å²) in [5.74, 6) is -0.802. The fourth-order valence-corrected chi connectivity index (χ4v) is 2.89. The summed E-state index contributed by atoms with van der Waals surface area (Å²) in [6.07, 6.45) is 0.363. The smallest absolute Gasteiger partial charge is 0.271 e. The van der Waals surface area contributed by atoms with E-state index in [0.717, 1.165) is 0 Å². The van der Waals surface area contributed by atoms with E-state index >= 15 is 0 Å². The number of fused-ring (bicyclic) bond motifs is 1. The first-order valence-electron chi connectivity index (χ1n) is 8.52. The molecule has 0 unspecified atom stereocenters. The largest absolute Gasteiger partial charge is 0.491 e. The first-order valence-corrected chi connectivity index (χ1v) is 8.52. The number of carbonyl (C=O) groups is 3. The summed E-state index contributed by atoms with van der Waals surface area (Å²) < 4.78 is 5.59. The average Bonchev–Trinajstić information content (AvgIpc) is 2.90. The van der Waals surface area contributed by atoms with Crippen LogP contribution in [0.15, 0.2) is 42.5 Å². The van der Waals surface area contributed by atoms with Gasteiger partial charge in [0.25, 0.3) is 17.5 Å². The highest BCUT2D eigenvalue weighted by Crippen LogP contribution is 2.29. The summed E-state index contributed by atoms with van der Waals surface area (Å²) >= 11 is 0. The van der Waals surface area contributed by atoms with Crippen LogP contribution >= 0.6 is 0 Å². The molecule has 1 heterocycles. The lowest BCUT2D eigenvalue weighted by Crippen LogP contribution is -2.31. The SMILES string of the molecule is CC(=O)Nc1cc([N+](=O)[O-])ccc1OCCCN1C(=O)c2ccccc2C1=O. The van der Waals surface area contributed by atoms with Crippen LogP contribution in [0.2, 0.25) is 0 Å². The van der Waals surface area contributed by atoms with Crippen molar-refractivity contribution >= 4 is 29.1 Å². The molecule has 28 heavy (non-hydrogen) atoms. The van der Waals surface area contributed by atoms with E-state index in [4.69, 9.17) is 4.74 Å². The highest BCUT2D eigenvalue weighted by Gasteiger charge is 2.34. The van der Waals surface area contributed by atoms with Gasteiger partial charge in [-0.2, -0.15) is 0 Å². The molecule has 2 aromatic rings. The minimum absolute atomic E-state index is 0.151. The summed E-state index contributed by atoms with van der Waals surface area (Å²) in [4.78, 5) is 47.4. The van der Waals surface area contributed by atoms with Crippen molar-refractivity contribution in [3.05, 3.63) is 63.7 Å². The lowest BCUT2D eigenvalue weighted by atomic mass is 10.1. The van der Waals surface area contributed by atoms with Crippen molar-refractivity contribution in [1.82, 2.24) is 4.90 Å². The second-order valence-corrected chi connectivity index (χ2v) is 6.13. The van der Waals surface area contributed by atoms with Crippen LogP contribution in [0.4, 0.5) is 11.4 Å². The molecule has 1 N–H and O–H groups in total. The predicted molar refractivity (Wildman–Crippen MR) is 99.3 cm³/mol. The fourth-order valence-electron chi connectivity index (χ4n) is 2.89. The van der Waals surface area contributed by atoms with Crippen LogP contribution < -0.4 is 10.1 Å². The molecule has 0 aromatic heterocycles. The fraction of sp³-hybridized carbons (Fsp3) is 0.211. The van der Waals surface area contributed by atoms with Gasteiger partial charge in [-0.05, 0) is 24.6 Å². The number of nitrogens with zero attached hydrogens (tertiary/aromatic N) is 2. The van der Waals surface area contributed by atoms with Crippen LogP contribution in [0.3, 0.4) is 0 Å². The maximum Gasteiger partial charge on any atom is 0.271 e. The molecule has 144 valence electrons. The van der Waals surface area contributed by atoms with E-state index in [1.54, 1.807) is 24.3 Å². The number of benzene rings is 2. The molecule has 0 bridgehead atoms. The number of hydrogen-bond donors (Lipinski definition) is 1. The van der Waals surface area contributed by atoms with E-state index in [2.05, 4.69) is 5.32 Å². The number of ether oxygens (including phenoxy) is 1. The van der Waals surface area contributed by atoms with Crippen molar-refractivity contribution in [3.63, 3.8) is 0 Å². The van der Waals surface area contributed by atoms with Crippen LogP contribution in [0.5, 0.6) is 5.75 Å². The molecular weight excluding hydrogens is 366 g/mol. The molecule has 9 heteroatoms. The lowest BCUT2D eigenvalue weighted by Gasteiger charge is -2.15. The summed E-state index contributed by atoms with van der Waals surface area (Å²) in [6.45, 7) is 1.61. The number of anilines is 1. The van der Waals surface area contributed by atoms with Crippen molar-refractivity contribution in [2.75, 3.05) is 18.5 Å². The lowest BCUT2D eigenvalue weighted by molar-refractivity contribution is -0.384. The minimum atomic E-state index is -0.572. The monoisotopic (exact) mass is 383 g/mol. The van der Waals surface area contributed by atoms with Crippen molar-refractivity contribution in [3.8, 4) is 5.75 Å². The average molecular weight is 383 g/mol. The number of non-ortho nitro benzene ring substituents is 1. The Morgan fingerprint density at radius 3 is 2.36 bits per heavy atom. The number of nitro benzene ring substituents is 1. The Kier molecular flexibility index (Phi) is 5.35. The Bertz CT molecular complexity index is 937. The van der Waals surface area contributed by atoms with Gasteiger partial charge in [-0.15, -0.1) is 0 Å².